The Hall–Kier alpha value is -1.33. The van der Waals surface area contributed by atoms with Crippen molar-refractivity contribution in [3.8, 4) is 0 Å². The van der Waals surface area contributed by atoms with Crippen molar-refractivity contribution in [1.82, 2.24) is 5.32 Å². The molecule has 2 aromatic rings. The molecule has 0 amide bonds. The molecule has 2 aromatic carbocycles. The van der Waals surface area contributed by atoms with Crippen molar-refractivity contribution in [3.63, 3.8) is 0 Å². The van der Waals surface area contributed by atoms with E-state index in [1.807, 2.05) is 0 Å². The summed E-state index contributed by atoms with van der Waals surface area (Å²) in [6.07, 6.45) is 0. The van der Waals surface area contributed by atoms with E-state index in [9.17, 15) is 13.2 Å². The first-order chi connectivity index (χ1) is 9.06. The maximum Gasteiger partial charge on any atom is 0.159 e. The zero-order valence-corrected chi connectivity index (χ0v) is 11.5. The van der Waals surface area contributed by atoms with Crippen LogP contribution in [-0.2, 0) is 13.1 Å². The van der Waals surface area contributed by atoms with Crippen LogP contribution in [0.25, 0.3) is 0 Å². The summed E-state index contributed by atoms with van der Waals surface area (Å²) in [6, 6.07) is 8.49. The van der Waals surface area contributed by atoms with Crippen molar-refractivity contribution in [2.75, 3.05) is 0 Å². The number of nitrogens with one attached hydrogen (secondary N) is 1. The second kappa shape index (κ2) is 6.21. The van der Waals surface area contributed by atoms with Crippen LogP contribution in [0.15, 0.2) is 40.9 Å². The molecule has 0 bridgehead atoms. The molecular weight excluding hydrogens is 319 g/mol. The molecule has 0 aliphatic carbocycles. The number of rotatable bonds is 4. The summed E-state index contributed by atoms with van der Waals surface area (Å²) < 4.78 is 39.9. The molecule has 1 N–H and O–H groups in total. The summed E-state index contributed by atoms with van der Waals surface area (Å²) in [5.74, 6) is -2.07. The molecule has 1 nitrogen and oxygen atoms in total. The van der Waals surface area contributed by atoms with Crippen LogP contribution < -0.4 is 5.32 Å². The fourth-order valence-corrected chi connectivity index (χ4v) is 1.99. The molecule has 0 unspecified atom stereocenters. The molecule has 0 spiro atoms. The zero-order valence-electron chi connectivity index (χ0n) is 9.89. The van der Waals surface area contributed by atoms with Crippen LogP contribution in [0.1, 0.15) is 11.1 Å². The summed E-state index contributed by atoms with van der Waals surface area (Å²) in [4.78, 5) is 0. The van der Waals surface area contributed by atoms with Crippen molar-refractivity contribution in [1.29, 1.82) is 0 Å². The molecule has 0 saturated carbocycles. The summed E-state index contributed by atoms with van der Waals surface area (Å²) in [7, 11) is 0. The third-order valence-corrected chi connectivity index (χ3v) is 3.14. The minimum Gasteiger partial charge on any atom is -0.309 e. The Morgan fingerprint density at radius 3 is 2.32 bits per heavy atom. The van der Waals surface area contributed by atoms with Gasteiger partial charge in [0.2, 0.25) is 0 Å². The van der Waals surface area contributed by atoms with E-state index in [1.54, 1.807) is 12.1 Å². The van der Waals surface area contributed by atoms with Crippen LogP contribution in [0.4, 0.5) is 13.2 Å². The van der Waals surface area contributed by atoms with Crippen LogP contribution >= 0.6 is 15.9 Å². The van der Waals surface area contributed by atoms with Crippen LogP contribution in [0.3, 0.4) is 0 Å². The van der Waals surface area contributed by atoms with Gasteiger partial charge in [0.05, 0.1) is 0 Å². The molecule has 5 heteroatoms. The molecular formula is C14H11BrF3N. The van der Waals surface area contributed by atoms with E-state index < -0.39 is 11.6 Å². The Morgan fingerprint density at radius 2 is 1.63 bits per heavy atom. The fraction of sp³-hybridized carbons (Fsp3) is 0.143. The van der Waals surface area contributed by atoms with E-state index >= 15 is 0 Å². The zero-order chi connectivity index (χ0) is 13.8. The normalized spacial score (nSPS) is 10.7. The van der Waals surface area contributed by atoms with Gasteiger partial charge in [-0.2, -0.15) is 0 Å². The summed E-state index contributed by atoms with van der Waals surface area (Å²) in [5, 5.41) is 2.98. The lowest BCUT2D eigenvalue weighted by Gasteiger charge is -2.07. The molecule has 0 aromatic heterocycles. The molecule has 0 aliphatic heterocycles. The smallest absolute Gasteiger partial charge is 0.159 e. The van der Waals surface area contributed by atoms with E-state index in [0.29, 0.717) is 28.7 Å². The maximum absolute atomic E-state index is 13.5. The van der Waals surface area contributed by atoms with Crippen molar-refractivity contribution in [2.24, 2.45) is 0 Å². The average Bonchev–Trinajstić information content (AvgIpc) is 2.36. The van der Waals surface area contributed by atoms with Crippen LogP contribution in [-0.4, -0.2) is 0 Å². The van der Waals surface area contributed by atoms with E-state index in [1.165, 1.54) is 12.1 Å². The SMILES string of the molecule is Fc1ccc(CNCc2ccc(Br)cc2F)cc1F. The van der Waals surface area contributed by atoms with Crippen molar-refractivity contribution < 1.29 is 13.2 Å². The van der Waals surface area contributed by atoms with Gasteiger partial charge in [-0.3, -0.25) is 0 Å². The summed E-state index contributed by atoms with van der Waals surface area (Å²) in [5.41, 5.74) is 1.13. The van der Waals surface area contributed by atoms with Gasteiger partial charge in [-0.1, -0.05) is 28.1 Å². The second-order valence-corrected chi connectivity index (χ2v) is 5.00. The lowest BCUT2D eigenvalue weighted by Crippen LogP contribution is -2.14. The highest BCUT2D eigenvalue weighted by atomic mass is 79.9. The highest BCUT2D eigenvalue weighted by Crippen LogP contribution is 2.15. The minimum atomic E-state index is -0.880. The van der Waals surface area contributed by atoms with Crippen molar-refractivity contribution >= 4 is 15.9 Å². The number of hydrogen-bond donors (Lipinski definition) is 1. The van der Waals surface area contributed by atoms with E-state index in [-0.39, 0.29) is 5.82 Å². The first-order valence-corrected chi connectivity index (χ1v) is 6.44. The molecule has 0 aliphatic rings. The summed E-state index contributed by atoms with van der Waals surface area (Å²) in [6.45, 7) is 0.658. The molecule has 2 rings (SSSR count). The van der Waals surface area contributed by atoms with Crippen molar-refractivity contribution in [2.45, 2.75) is 13.1 Å². The fourth-order valence-electron chi connectivity index (χ4n) is 1.66. The topological polar surface area (TPSA) is 12.0 Å². The Morgan fingerprint density at radius 1 is 0.842 bits per heavy atom. The molecule has 0 saturated heterocycles. The van der Waals surface area contributed by atoms with Gasteiger partial charge in [0.1, 0.15) is 5.82 Å². The van der Waals surface area contributed by atoms with Gasteiger partial charge in [0.15, 0.2) is 11.6 Å². The Balaban J connectivity index is 1.94. The summed E-state index contributed by atoms with van der Waals surface area (Å²) >= 11 is 3.18. The number of halogens is 4. The minimum absolute atomic E-state index is 0.313. The first-order valence-electron chi connectivity index (χ1n) is 5.65. The van der Waals surface area contributed by atoms with Gasteiger partial charge < -0.3 is 5.32 Å². The molecule has 100 valence electrons. The number of benzene rings is 2. The third-order valence-electron chi connectivity index (χ3n) is 2.64. The molecule has 0 heterocycles. The first kappa shape index (κ1) is 14.1. The highest BCUT2D eigenvalue weighted by Gasteiger charge is 2.04. The molecule has 0 atom stereocenters. The molecule has 19 heavy (non-hydrogen) atoms. The van der Waals surface area contributed by atoms with Crippen LogP contribution in [0.5, 0.6) is 0 Å². The highest BCUT2D eigenvalue weighted by molar-refractivity contribution is 9.10. The predicted molar refractivity (Wildman–Crippen MR) is 71.0 cm³/mol. The van der Waals surface area contributed by atoms with E-state index in [0.717, 1.165) is 12.1 Å². The lowest BCUT2D eigenvalue weighted by molar-refractivity contribution is 0.505. The second-order valence-electron chi connectivity index (χ2n) is 4.09. The van der Waals surface area contributed by atoms with Gasteiger partial charge in [-0.05, 0) is 29.8 Å². The van der Waals surface area contributed by atoms with Crippen molar-refractivity contribution in [3.05, 3.63) is 69.4 Å². The van der Waals surface area contributed by atoms with Crippen LogP contribution in [0, 0.1) is 17.5 Å². The van der Waals surface area contributed by atoms with Gasteiger partial charge >= 0.3 is 0 Å². The standard InChI is InChI=1S/C14H11BrF3N/c15-11-3-2-10(13(17)6-11)8-19-7-9-1-4-12(16)14(18)5-9/h1-6,19H,7-8H2. The lowest BCUT2D eigenvalue weighted by atomic mass is 10.2. The van der Waals surface area contributed by atoms with Gasteiger partial charge in [0, 0.05) is 23.1 Å². The number of hydrogen-bond acceptors (Lipinski definition) is 1. The van der Waals surface area contributed by atoms with Crippen LogP contribution in [0.2, 0.25) is 0 Å². The maximum atomic E-state index is 13.5. The quantitative estimate of drug-likeness (QED) is 0.888. The Bertz CT molecular complexity index is 587. The van der Waals surface area contributed by atoms with E-state index in [2.05, 4.69) is 21.2 Å². The predicted octanol–water partition coefficient (Wildman–Crippen LogP) is 4.16. The molecule has 0 fully saturated rings. The monoisotopic (exact) mass is 329 g/mol. The van der Waals surface area contributed by atoms with Gasteiger partial charge in [0.25, 0.3) is 0 Å². The largest absolute Gasteiger partial charge is 0.309 e. The van der Waals surface area contributed by atoms with Gasteiger partial charge in [-0.25, -0.2) is 13.2 Å². The van der Waals surface area contributed by atoms with E-state index in [4.69, 9.17) is 0 Å². The average molecular weight is 330 g/mol. The molecule has 0 radical (unpaired) electrons. The Labute approximate surface area is 117 Å². The Kier molecular flexibility index (Phi) is 4.61. The third kappa shape index (κ3) is 3.81. The van der Waals surface area contributed by atoms with Gasteiger partial charge in [-0.15, -0.1) is 0 Å².